The molecule has 8 atom stereocenters. The van der Waals surface area contributed by atoms with Gasteiger partial charge in [0.05, 0.1) is 54.5 Å². The van der Waals surface area contributed by atoms with E-state index in [1.807, 2.05) is 26.8 Å². The number of carbonyl (C=O) groups is 10. The van der Waals surface area contributed by atoms with Gasteiger partial charge >= 0.3 is 83.7 Å². The van der Waals surface area contributed by atoms with E-state index in [0.29, 0.717) is 62.3 Å². The molecule has 0 radical (unpaired) electrons. The van der Waals surface area contributed by atoms with Crippen LogP contribution in [0.2, 0.25) is 0 Å². The number of nitrogens with zero attached hydrogens (tertiary/aromatic N) is 4. The van der Waals surface area contributed by atoms with Crippen molar-refractivity contribution in [1.82, 2.24) is 56.7 Å². The van der Waals surface area contributed by atoms with Gasteiger partial charge in [0, 0.05) is 102 Å². The topological polar surface area (TPSA) is 452 Å². The van der Waals surface area contributed by atoms with E-state index in [9.17, 15) is 66.0 Å². The Morgan fingerprint density at radius 2 is 1.41 bits per heavy atom. The number of likely N-dealkylation sites (N-methyl/N-ethyl adjacent to an activating group) is 1. The minimum Gasteiger partial charge on any atom is -0.481 e. The average molecular weight is 1470 g/mol. The summed E-state index contributed by atoms with van der Waals surface area (Å²) < 4.78 is 38.5. The van der Waals surface area contributed by atoms with Crippen LogP contribution in [0.5, 0.6) is 0 Å². The fourth-order valence-corrected chi connectivity index (χ4v) is 12.6. The summed E-state index contributed by atoms with van der Waals surface area (Å²) in [5.74, 6) is -10.6. The minimum absolute atomic E-state index is 0. The van der Waals surface area contributed by atoms with E-state index in [1.54, 1.807) is 56.3 Å². The van der Waals surface area contributed by atoms with Crippen LogP contribution in [0.4, 0.5) is 0 Å². The molecule has 96 heavy (non-hydrogen) atoms. The first-order chi connectivity index (χ1) is 44.5. The zero-order valence-corrected chi connectivity index (χ0v) is 60.7. The number of aromatic nitrogens is 4. The van der Waals surface area contributed by atoms with Crippen molar-refractivity contribution in [1.29, 1.82) is 0 Å². The van der Waals surface area contributed by atoms with Gasteiger partial charge in [-0.3, -0.25) is 67.5 Å². The van der Waals surface area contributed by atoms with Crippen molar-refractivity contribution in [3.63, 3.8) is 0 Å². The van der Waals surface area contributed by atoms with Gasteiger partial charge in [-0.2, -0.15) is 8.42 Å². The van der Waals surface area contributed by atoms with Gasteiger partial charge in [0.15, 0.2) is 11.7 Å². The molecule has 1 aromatic carbocycles. The first-order valence-corrected chi connectivity index (χ1v) is 32.7. The number of hydrogen-bond acceptors (Lipinski definition) is 16. The fraction of sp³-hybridized carbons (Fsp3) is 0.484. The monoisotopic (exact) mass is 1470 g/mol. The molecule has 4 aromatic rings. The number of benzene rings is 1. The first-order valence-electron chi connectivity index (χ1n) is 31.1. The molecule has 3 aliphatic heterocycles. The third-order valence-electron chi connectivity index (χ3n) is 17.4. The summed E-state index contributed by atoms with van der Waals surface area (Å²) in [6.07, 6.45) is -0.622. The Bertz CT molecular complexity index is 3920. The normalized spacial score (nSPS) is 20.1. The number of hydrogen-bond donors (Lipinski definition) is 12. The second-order valence-electron chi connectivity index (χ2n) is 23.9. The standard InChI is InChI=1S/C64H84N14O15S.K.Pd/c1-9-38-32(2)42-29-47-55(36(6)79)34(4)44(72-47)27-43-33(3)39(57(74-43)40(26-54(84)93-8)58-56(62(88)68-22-23-94(90,91)92)35(5)45(75-58)28-46(38)71-42)25-51(80)67-20-14-13-19-50-61(87)76-41(18-15-21-69-64(65)66)59(85)70-31-52(81)73-48(30-53(82)83)60(86)77-49(63(89)78(50)7)24-37-16-11-10-12-17-37;;/h10-12,16-17,27-29,32-33,38-39,41,48-50,72,75H,9,13-15,18-26,30-31H2,1-8H3,(H,67,80)(H,68,88)(H,70,85)(H,73,81)(H,76,87)(H,77,86)(H,82,83)(H4,65,66,69)(H,90,91,92);;/q;+1;+2/t32-,33+,38-,39+,41+,48+,49-,50+;;/m1../s1. The van der Waals surface area contributed by atoms with Gasteiger partial charge in [-0.1, -0.05) is 51.1 Å². The van der Waals surface area contributed by atoms with E-state index < -0.39 is 131 Å². The molecule has 1 saturated heterocycles. The molecule has 3 aliphatic rings. The van der Waals surface area contributed by atoms with Crippen LogP contribution >= 0.6 is 0 Å². The van der Waals surface area contributed by atoms with E-state index in [-0.39, 0.29) is 176 Å². The number of aryl methyl sites for hydroxylation is 2. The number of carboxylic acid groups (broad SMARTS) is 1. The smallest absolute Gasteiger partial charge is 0.481 e. The number of aliphatic imine (C=N–C) groups is 1. The molecule has 6 heterocycles. The van der Waals surface area contributed by atoms with Gasteiger partial charge in [0.25, 0.3) is 16.0 Å². The second-order valence-corrected chi connectivity index (χ2v) is 25.5. The molecule has 0 saturated carbocycles. The summed E-state index contributed by atoms with van der Waals surface area (Å²) >= 11 is 0. The molecule has 1 fully saturated rings. The number of fused-ring (bicyclic) bond motifs is 8. The predicted molar refractivity (Wildman–Crippen MR) is 347 cm³/mol. The number of amides is 7. The molecule has 7 rings (SSSR count). The Hall–Kier alpha value is -7.28. The van der Waals surface area contributed by atoms with Crippen LogP contribution in [0.15, 0.2) is 53.5 Å². The predicted octanol–water partition coefficient (Wildman–Crippen LogP) is -0.488. The van der Waals surface area contributed by atoms with Gasteiger partial charge in [-0.05, 0) is 94.2 Å². The van der Waals surface area contributed by atoms with E-state index in [1.165, 1.54) is 21.1 Å². The average Bonchev–Trinajstić information content (AvgIpc) is 1.62. The molecule has 0 aliphatic carbocycles. The van der Waals surface area contributed by atoms with E-state index in [4.69, 9.17) is 26.2 Å². The van der Waals surface area contributed by atoms with E-state index in [2.05, 4.69) is 46.9 Å². The van der Waals surface area contributed by atoms with Gasteiger partial charge in [-0.15, -0.1) is 0 Å². The third-order valence-corrected chi connectivity index (χ3v) is 18.1. The number of aliphatic carboxylic acids is 1. The van der Waals surface area contributed by atoms with Gasteiger partial charge < -0.3 is 68.1 Å². The number of guanidine groups is 1. The molecule has 7 amide bonds. The Morgan fingerprint density at radius 3 is 2.05 bits per heavy atom. The Balaban J connectivity index is 0.00000833. The maximum absolute atomic E-state index is 14.8. The largest absolute Gasteiger partial charge is 2.00 e. The van der Waals surface area contributed by atoms with Crippen LogP contribution in [0.25, 0.3) is 22.1 Å². The van der Waals surface area contributed by atoms with Crippen LogP contribution < -0.4 is 94.8 Å². The van der Waals surface area contributed by atoms with Crippen LogP contribution in [-0.4, -0.2) is 178 Å². The molecule has 8 bridgehead atoms. The van der Waals surface area contributed by atoms with Crippen molar-refractivity contribution in [3.05, 3.63) is 105 Å². The zero-order valence-electron chi connectivity index (χ0n) is 55.2. The number of aromatic amines is 2. The van der Waals surface area contributed by atoms with Crippen LogP contribution in [0, 0.1) is 13.8 Å². The number of carbonyl (C=O) groups excluding carboxylic acids is 9. The molecule has 29 nitrogen and oxygen atoms in total. The molecule has 0 spiro atoms. The van der Waals surface area contributed by atoms with Crippen molar-refractivity contribution in [3.8, 4) is 0 Å². The molecular formula is C64H84KN14O15PdS+3. The number of esters is 1. The van der Waals surface area contributed by atoms with Crippen molar-refractivity contribution < 1.29 is 143 Å². The minimum atomic E-state index is -4.50. The summed E-state index contributed by atoms with van der Waals surface area (Å²) in [6.45, 7) is 9.73. The molecule has 14 N–H and O–H groups in total. The first kappa shape index (κ1) is 79.4. The number of ether oxygens (including phenoxy) is 1. The van der Waals surface area contributed by atoms with Crippen molar-refractivity contribution in [2.45, 2.75) is 154 Å². The maximum atomic E-state index is 14.8. The molecule has 3 aromatic heterocycles. The summed E-state index contributed by atoms with van der Waals surface area (Å²) in [5, 5.41) is 25.4. The number of nitrogens with two attached hydrogens (primary N) is 2. The summed E-state index contributed by atoms with van der Waals surface area (Å²) in [6, 6.07) is 8.26. The van der Waals surface area contributed by atoms with Crippen molar-refractivity contribution in [2.75, 3.05) is 46.1 Å². The fourth-order valence-electron chi connectivity index (χ4n) is 12.3. The SMILES string of the molecule is CC[C@H]1c2cc3[nH]c(c(CC(=O)OC)c4nc(cc5[nH]c(cc(n2)[C@@H]1C)c(C(C)=O)c5C)[C@@H](C)[C@@H]4CC(=O)NCCCC[C@H]1C(=O)N[C@@H](CCCN=C(N)N)C(=O)NCC(=O)N[C@@H](CC(=O)O)C(=O)N[C@H](Cc2ccccc2)C(=O)N1C)c(C(=O)NCCS(=O)(=O)O)c3C.[K+].[Pd+2]. The zero-order chi connectivity index (χ0) is 68.9. The quantitative estimate of drug-likeness (QED) is 0.00848. The van der Waals surface area contributed by atoms with Crippen molar-refractivity contribution >= 4 is 97.2 Å². The molecule has 32 heteroatoms. The maximum Gasteiger partial charge on any atom is 2.00 e. The van der Waals surface area contributed by atoms with Gasteiger partial charge in [0.1, 0.15) is 24.2 Å². The number of ketones is 1. The summed E-state index contributed by atoms with van der Waals surface area (Å²) in [7, 11) is -1.97. The summed E-state index contributed by atoms with van der Waals surface area (Å²) in [5.41, 5.74) is 16.9. The number of unbranched alkanes of at least 4 members (excludes halogenated alkanes) is 1. The number of H-pyrrole nitrogens is 2. The van der Waals surface area contributed by atoms with Crippen LogP contribution in [0.3, 0.4) is 0 Å². The third kappa shape index (κ3) is 20.6. The molecule has 0 unspecified atom stereocenters. The number of nitrogens with one attached hydrogen (secondary N) is 8. The van der Waals surface area contributed by atoms with Crippen molar-refractivity contribution in [2.24, 2.45) is 16.5 Å². The molecule has 514 valence electrons. The summed E-state index contributed by atoms with van der Waals surface area (Å²) in [4.78, 5) is 161. The van der Waals surface area contributed by atoms with E-state index in [0.717, 1.165) is 4.90 Å². The van der Waals surface area contributed by atoms with Gasteiger partial charge in [0.2, 0.25) is 35.4 Å². The van der Waals surface area contributed by atoms with Gasteiger partial charge in [-0.25, -0.2) is 0 Å². The second kappa shape index (κ2) is 35.8. The van der Waals surface area contributed by atoms with E-state index >= 15 is 0 Å². The Labute approximate surface area is 612 Å². The number of rotatable bonds is 23. The van der Waals surface area contributed by atoms with Crippen LogP contribution in [0.1, 0.15) is 168 Å². The Kier molecular flexibility index (Phi) is 29.6. The number of carboxylic acids is 1. The van der Waals surface area contributed by atoms with Crippen LogP contribution in [-0.2, 0) is 86.5 Å². The Morgan fingerprint density at radius 1 is 0.771 bits per heavy atom. The number of methoxy groups -OCH3 is 1. The molecular weight excluding hydrogens is 1380 g/mol. The number of Topliss-reactive ketones (excluding diaryl/α,β-unsaturated/α-hetero) is 1.